The molecule has 89 valence electrons. The van der Waals surface area contributed by atoms with Gasteiger partial charge in [0.05, 0.1) is 17.9 Å². The fourth-order valence-corrected chi connectivity index (χ4v) is 1.24. The minimum Gasteiger partial charge on any atom is -0.376 e. The molecule has 0 spiro atoms. The summed E-state index contributed by atoms with van der Waals surface area (Å²) in [7, 11) is 3.64. The van der Waals surface area contributed by atoms with E-state index in [-0.39, 0.29) is 12.5 Å². The van der Waals surface area contributed by atoms with Gasteiger partial charge in [-0.3, -0.25) is 14.6 Å². The predicted molar refractivity (Wildman–Crippen MR) is 64.6 cm³/mol. The van der Waals surface area contributed by atoms with E-state index in [1.807, 2.05) is 26.2 Å². The molecule has 0 bridgehead atoms. The molecule has 5 heteroatoms. The zero-order valence-electron chi connectivity index (χ0n) is 9.80. The maximum absolute atomic E-state index is 11.5. The molecule has 1 rings (SSSR count). The Morgan fingerprint density at radius 2 is 2.29 bits per heavy atom. The first-order valence-electron chi connectivity index (χ1n) is 5.08. The number of carbonyl (C=O) groups excluding carboxylic acids is 2. The number of aromatic nitrogens is 1. The van der Waals surface area contributed by atoms with Crippen molar-refractivity contribution in [3.63, 3.8) is 0 Å². The third-order valence-corrected chi connectivity index (χ3v) is 2.01. The molecular formula is C12H14N3O2. The molecule has 0 aliphatic heterocycles. The lowest BCUT2D eigenvalue weighted by Gasteiger charge is -2.16. The monoisotopic (exact) mass is 232 g/mol. The molecule has 0 fully saturated rings. The largest absolute Gasteiger partial charge is 0.376 e. The van der Waals surface area contributed by atoms with E-state index in [9.17, 15) is 9.59 Å². The SMILES string of the molecule is CN(C)C(=CC(=O)NC[C]=O)c1ccccn1. The first-order chi connectivity index (χ1) is 8.15. The summed E-state index contributed by atoms with van der Waals surface area (Å²) in [4.78, 5) is 27.4. The molecule has 1 heterocycles. The van der Waals surface area contributed by atoms with Gasteiger partial charge in [0, 0.05) is 26.4 Å². The van der Waals surface area contributed by atoms with Gasteiger partial charge in [-0.2, -0.15) is 0 Å². The standard InChI is InChI=1S/C12H14N3O2/c1-15(2)11(9-12(17)14-7-8-16)10-5-3-4-6-13-10/h3-6,9H,7H2,1-2H3,(H,14,17). The Bertz CT molecular complexity index is 413. The molecule has 1 aromatic rings. The maximum Gasteiger partial charge on any atom is 0.246 e. The molecule has 0 atom stereocenters. The number of amides is 1. The normalized spacial score (nSPS) is 10.8. The molecule has 1 amide bonds. The van der Waals surface area contributed by atoms with Crippen molar-refractivity contribution in [1.29, 1.82) is 0 Å². The van der Waals surface area contributed by atoms with Gasteiger partial charge in [0.25, 0.3) is 0 Å². The summed E-state index contributed by atoms with van der Waals surface area (Å²) >= 11 is 0. The van der Waals surface area contributed by atoms with E-state index in [0.29, 0.717) is 11.4 Å². The lowest BCUT2D eigenvalue weighted by atomic mass is 10.2. The summed E-state index contributed by atoms with van der Waals surface area (Å²) in [5.41, 5.74) is 1.37. The number of hydrogen-bond donors (Lipinski definition) is 1. The van der Waals surface area contributed by atoms with Gasteiger partial charge in [-0.25, -0.2) is 0 Å². The van der Waals surface area contributed by atoms with E-state index >= 15 is 0 Å². The van der Waals surface area contributed by atoms with Crippen LogP contribution < -0.4 is 5.32 Å². The maximum atomic E-state index is 11.5. The van der Waals surface area contributed by atoms with Crippen molar-refractivity contribution in [3.8, 4) is 0 Å². The van der Waals surface area contributed by atoms with Gasteiger partial charge in [0.15, 0.2) is 0 Å². The third-order valence-electron chi connectivity index (χ3n) is 2.01. The van der Waals surface area contributed by atoms with Gasteiger partial charge in [-0.1, -0.05) is 6.07 Å². The van der Waals surface area contributed by atoms with Crippen molar-refractivity contribution in [2.24, 2.45) is 0 Å². The first kappa shape index (κ1) is 12.9. The highest BCUT2D eigenvalue weighted by Crippen LogP contribution is 2.12. The number of rotatable bonds is 5. The highest BCUT2D eigenvalue weighted by molar-refractivity contribution is 5.95. The van der Waals surface area contributed by atoms with Gasteiger partial charge < -0.3 is 10.2 Å². The second-order valence-electron chi connectivity index (χ2n) is 3.50. The van der Waals surface area contributed by atoms with Crippen LogP contribution in [0.15, 0.2) is 30.5 Å². The summed E-state index contributed by atoms with van der Waals surface area (Å²) in [6.45, 7) is -0.113. The number of nitrogens with one attached hydrogen (secondary N) is 1. The summed E-state index contributed by atoms with van der Waals surface area (Å²) in [6.07, 6.45) is 4.66. The Kier molecular flexibility index (Phi) is 4.87. The van der Waals surface area contributed by atoms with Crippen LogP contribution in [-0.2, 0) is 9.59 Å². The van der Waals surface area contributed by atoms with Crippen molar-refractivity contribution in [2.75, 3.05) is 20.6 Å². The van der Waals surface area contributed by atoms with Crippen LogP contribution in [0.3, 0.4) is 0 Å². The number of nitrogens with zero attached hydrogens (tertiary/aromatic N) is 2. The van der Waals surface area contributed by atoms with Crippen molar-refractivity contribution in [1.82, 2.24) is 15.2 Å². The predicted octanol–water partition coefficient (Wildman–Crippen LogP) is 0.210. The Labute approximate surface area is 100 Å². The summed E-state index contributed by atoms with van der Waals surface area (Å²) in [5.74, 6) is -0.345. The second-order valence-corrected chi connectivity index (χ2v) is 3.50. The Hall–Kier alpha value is -2.17. The summed E-state index contributed by atoms with van der Waals surface area (Å²) < 4.78 is 0. The number of pyridine rings is 1. The smallest absolute Gasteiger partial charge is 0.246 e. The van der Waals surface area contributed by atoms with Crippen LogP contribution in [0.5, 0.6) is 0 Å². The minimum atomic E-state index is -0.345. The summed E-state index contributed by atoms with van der Waals surface area (Å²) in [6, 6.07) is 5.46. The van der Waals surface area contributed by atoms with E-state index in [4.69, 9.17) is 0 Å². The van der Waals surface area contributed by atoms with Gasteiger partial charge >= 0.3 is 0 Å². The van der Waals surface area contributed by atoms with Crippen molar-refractivity contribution in [2.45, 2.75) is 0 Å². The van der Waals surface area contributed by atoms with Crippen LogP contribution in [0.1, 0.15) is 5.69 Å². The molecule has 0 saturated carbocycles. The van der Waals surface area contributed by atoms with Crippen LogP contribution in [0.25, 0.3) is 5.70 Å². The molecule has 1 radical (unpaired) electrons. The number of carbonyl (C=O) groups is 1. The van der Waals surface area contributed by atoms with Crippen molar-refractivity contribution < 1.29 is 9.59 Å². The molecule has 1 N–H and O–H groups in total. The fraction of sp³-hybridized carbons (Fsp3) is 0.250. The van der Waals surface area contributed by atoms with E-state index < -0.39 is 0 Å². The molecule has 0 unspecified atom stereocenters. The lowest BCUT2D eigenvalue weighted by molar-refractivity contribution is -0.116. The molecule has 0 saturated heterocycles. The minimum absolute atomic E-state index is 0.113. The van der Waals surface area contributed by atoms with Gasteiger partial charge in [0.1, 0.15) is 0 Å². The second kappa shape index (κ2) is 6.42. The molecule has 0 aromatic carbocycles. The molecular weight excluding hydrogens is 218 g/mol. The summed E-state index contributed by atoms with van der Waals surface area (Å²) in [5, 5.41) is 2.39. The van der Waals surface area contributed by atoms with Crippen LogP contribution in [-0.4, -0.2) is 42.7 Å². The van der Waals surface area contributed by atoms with E-state index in [2.05, 4.69) is 10.3 Å². The molecule has 0 aliphatic carbocycles. The Morgan fingerprint density at radius 3 is 2.82 bits per heavy atom. The quantitative estimate of drug-likeness (QED) is 0.737. The van der Waals surface area contributed by atoms with E-state index in [1.165, 1.54) is 6.08 Å². The van der Waals surface area contributed by atoms with Crippen LogP contribution in [0.4, 0.5) is 0 Å². The van der Waals surface area contributed by atoms with Gasteiger partial charge in [-0.15, -0.1) is 0 Å². The topological polar surface area (TPSA) is 62.3 Å². The van der Waals surface area contributed by atoms with E-state index in [0.717, 1.165) is 0 Å². The van der Waals surface area contributed by atoms with Crippen molar-refractivity contribution >= 4 is 17.9 Å². The van der Waals surface area contributed by atoms with Gasteiger partial charge in [0.2, 0.25) is 12.2 Å². The highest BCUT2D eigenvalue weighted by atomic mass is 16.2. The lowest BCUT2D eigenvalue weighted by Crippen LogP contribution is -2.24. The Morgan fingerprint density at radius 1 is 1.53 bits per heavy atom. The average molecular weight is 232 g/mol. The van der Waals surface area contributed by atoms with E-state index in [1.54, 1.807) is 23.4 Å². The third kappa shape index (κ3) is 4.06. The highest BCUT2D eigenvalue weighted by Gasteiger charge is 2.07. The average Bonchev–Trinajstić information content (AvgIpc) is 2.34. The fourth-order valence-electron chi connectivity index (χ4n) is 1.24. The van der Waals surface area contributed by atoms with Crippen LogP contribution in [0.2, 0.25) is 0 Å². The Balaban J connectivity index is 2.90. The zero-order valence-corrected chi connectivity index (χ0v) is 9.80. The van der Waals surface area contributed by atoms with Gasteiger partial charge in [-0.05, 0) is 12.1 Å². The van der Waals surface area contributed by atoms with Crippen LogP contribution in [0, 0.1) is 0 Å². The molecule has 5 nitrogen and oxygen atoms in total. The van der Waals surface area contributed by atoms with Crippen LogP contribution >= 0.6 is 0 Å². The first-order valence-corrected chi connectivity index (χ1v) is 5.08. The molecule has 17 heavy (non-hydrogen) atoms. The number of hydrogen-bond acceptors (Lipinski definition) is 4. The molecule has 0 aliphatic rings. The molecule has 1 aromatic heterocycles. The zero-order chi connectivity index (χ0) is 12.7. The van der Waals surface area contributed by atoms with Crippen molar-refractivity contribution in [3.05, 3.63) is 36.2 Å².